The van der Waals surface area contributed by atoms with Crippen molar-refractivity contribution in [2.75, 3.05) is 10.6 Å². The predicted octanol–water partition coefficient (Wildman–Crippen LogP) is 3.50. The van der Waals surface area contributed by atoms with E-state index in [0.29, 0.717) is 11.6 Å². The molecule has 18 heavy (non-hydrogen) atoms. The van der Waals surface area contributed by atoms with Gasteiger partial charge in [-0.3, -0.25) is 5.32 Å². The first kappa shape index (κ1) is 12.1. The van der Waals surface area contributed by atoms with Gasteiger partial charge in [0, 0.05) is 16.6 Å². The molecule has 0 saturated carbocycles. The molecule has 2 amide bonds. The first-order chi connectivity index (χ1) is 8.78. The van der Waals surface area contributed by atoms with Gasteiger partial charge in [-0.2, -0.15) is 5.26 Å². The van der Waals surface area contributed by atoms with Crippen molar-refractivity contribution in [3.8, 4) is 5.40 Å². The fourth-order valence-electron chi connectivity index (χ4n) is 1.28. The molecule has 0 atom stereocenters. The fourth-order valence-corrected chi connectivity index (χ4v) is 1.66. The van der Waals surface area contributed by atoms with Crippen LogP contribution in [0.3, 0.4) is 0 Å². The number of hydrogen-bond acceptors (Lipinski definition) is 4. The average molecular weight is 259 g/mol. The van der Waals surface area contributed by atoms with Gasteiger partial charge < -0.3 is 9.73 Å². The number of nitrogens with zero attached hydrogens (tertiary/aromatic N) is 1. The smallest absolute Gasteiger partial charge is 0.326 e. The van der Waals surface area contributed by atoms with E-state index in [4.69, 9.17) is 9.68 Å². The van der Waals surface area contributed by atoms with Gasteiger partial charge in [-0.1, -0.05) is 0 Å². The number of rotatable bonds is 3. The summed E-state index contributed by atoms with van der Waals surface area (Å²) in [5.41, 5.74) is 0.640. The summed E-state index contributed by atoms with van der Waals surface area (Å²) in [5, 5.41) is 15.7. The topological polar surface area (TPSA) is 78.1 Å². The van der Waals surface area contributed by atoms with Gasteiger partial charge in [0.15, 0.2) is 0 Å². The number of thiocyanates is 1. The molecule has 1 aromatic heterocycles. The number of carbonyl (C=O) groups excluding carboxylic acids is 1. The van der Waals surface area contributed by atoms with Crippen molar-refractivity contribution < 1.29 is 9.21 Å². The lowest BCUT2D eigenvalue weighted by Crippen LogP contribution is -2.18. The van der Waals surface area contributed by atoms with Crippen LogP contribution in [0, 0.1) is 10.7 Å². The van der Waals surface area contributed by atoms with Crippen LogP contribution in [0.25, 0.3) is 0 Å². The molecule has 2 rings (SSSR count). The summed E-state index contributed by atoms with van der Waals surface area (Å²) in [7, 11) is 0. The Morgan fingerprint density at radius 2 is 2.00 bits per heavy atom. The van der Waals surface area contributed by atoms with Crippen molar-refractivity contribution >= 4 is 29.4 Å². The summed E-state index contributed by atoms with van der Waals surface area (Å²) in [4.78, 5) is 12.4. The van der Waals surface area contributed by atoms with Crippen LogP contribution >= 0.6 is 11.8 Å². The van der Waals surface area contributed by atoms with Gasteiger partial charge >= 0.3 is 6.03 Å². The normalized spacial score (nSPS) is 9.50. The lowest BCUT2D eigenvalue weighted by atomic mass is 10.3. The van der Waals surface area contributed by atoms with Crippen LogP contribution in [-0.2, 0) is 0 Å². The molecular formula is C12H9N3O2S. The molecule has 2 aromatic rings. The number of urea groups is 1. The number of amides is 2. The third kappa shape index (κ3) is 3.30. The number of nitrogens with one attached hydrogen (secondary N) is 2. The number of anilines is 2. The van der Waals surface area contributed by atoms with Gasteiger partial charge in [-0.05, 0) is 42.1 Å². The number of thioether (sulfide) groups is 1. The summed E-state index contributed by atoms with van der Waals surface area (Å²) in [6, 6.07) is 9.91. The molecule has 0 bridgehead atoms. The maximum Gasteiger partial charge on any atom is 0.326 e. The largest absolute Gasteiger partial charge is 0.449 e. The van der Waals surface area contributed by atoms with E-state index < -0.39 is 0 Å². The maximum absolute atomic E-state index is 11.6. The first-order valence-corrected chi connectivity index (χ1v) is 5.87. The highest BCUT2D eigenvalue weighted by atomic mass is 32.2. The van der Waals surface area contributed by atoms with Gasteiger partial charge in [0.2, 0.25) is 5.88 Å². The first-order valence-electron chi connectivity index (χ1n) is 5.05. The molecule has 0 saturated heterocycles. The van der Waals surface area contributed by atoms with E-state index in [1.807, 2.05) is 5.40 Å². The standard InChI is InChI=1S/C12H9N3O2S/c13-8-18-10-5-3-9(4-6-10)14-12(16)15-11-2-1-7-17-11/h1-7H,(H2,14,15,16). The molecule has 0 aliphatic rings. The molecule has 90 valence electrons. The van der Waals surface area contributed by atoms with E-state index >= 15 is 0 Å². The van der Waals surface area contributed by atoms with Gasteiger partial charge in [0.05, 0.1) is 6.26 Å². The minimum absolute atomic E-state index is 0.379. The molecule has 0 aliphatic carbocycles. The maximum atomic E-state index is 11.6. The second-order valence-corrected chi connectivity index (χ2v) is 4.13. The van der Waals surface area contributed by atoms with Crippen molar-refractivity contribution in [2.24, 2.45) is 0 Å². The number of benzene rings is 1. The Kier molecular flexibility index (Phi) is 3.89. The molecule has 2 N–H and O–H groups in total. The molecular weight excluding hydrogens is 250 g/mol. The lowest BCUT2D eigenvalue weighted by molar-refractivity contribution is 0.261. The SMILES string of the molecule is N#CSc1ccc(NC(=O)Nc2ccco2)cc1. The van der Waals surface area contributed by atoms with Gasteiger partial charge in [-0.15, -0.1) is 0 Å². The second kappa shape index (κ2) is 5.80. The second-order valence-electron chi connectivity index (χ2n) is 3.27. The highest BCUT2D eigenvalue weighted by Crippen LogP contribution is 2.19. The van der Waals surface area contributed by atoms with E-state index in [9.17, 15) is 4.79 Å². The highest BCUT2D eigenvalue weighted by Gasteiger charge is 2.04. The number of carbonyl (C=O) groups is 1. The lowest BCUT2D eigenvalue weighted by Gasteiger charge is -2.05. The Morgan fingerprint density at radius 1 is 1.22 bits per heavy atom. The van der Waals surface area contributed by atoms with E-state index in [2.05, 4.69) is 10.6 Å². The predicted molar refractivity (Wildman–Crippen MR) is 69.3 cm³/mol. The van der Waals surface area contributed by atoms with Crippen LogP contribution in [0.1, 0.15) is 0 Å². The molecule has 0 fully saturated rings. The molecule has 0 spiro atoms. The zero-order chi connectivity index (χ0) is 12.8. The summed E-state index contributed by atoms with van der Waals surface area (Å²) >= 11 is 1.07. The van der Waals surface area contributed by atoms with Crippen molar-refractivity contribution in [2.45, 2.75) is 4.90 Å². The minimum Gasteiger partial charge on any atom is -0.449 e. The van der Waals surface area contributed by atoms with E-state index in [1.165, 1.54) is 6.26 Å². The Hall–Kier alpha value is -2.39. The molecule has 0 unspecified atom stereocenters. The third-order valence-electron chi connectivity index (χ3n) is 2.03. The molecule has 0 aliphatic heterocycles. The van der Waals surface area contributed by atoms with Gasteiger partial charge in [0.1, 0.15) is 5.40 Å². The van der Waals surface area contributed by atoms with Gasteiger partial charge in [-0.25, -0.2) is 4.79 Å². The van der Waals surface area contributed by atoms with Crippen molar-refractivity contribution in [3.63, 3.8) is 0 Å². The third-order valence-corrected chi connectivity index (χ3v) is 2.63. The van der Waals surface area contributed by atoms with E-state index in [-0.39, 0.29) is 6.03 Å². The zero-order valence-corrected chi connectivity index (χ0v) is 10.0. The Morgan fingerprint density at radius 3 is 2.61 bits per heavy atom. The molecule has 6 heteroatoms. The zero-order valence-electron chi connectivity index (χ0n) is 9.21. The van der Waals surface area contributed by atoms with Crippen LogP contribution in [0.2, 0.25) is 0 Å². The number of nitriles is 1. The van der Waals surface area contributed by atoms with E-state index in [0.717, 1.165) is 16.7 Å². The monoisotopic (exact) mass is 259 g/mol. The van der Waals surface area contributed by atoms with Gasteiger partial charge in [0.25, 0.3) is 0 Å². The van der Waals surface area contributed by atoms with Crippen LogP contribution in [0.4, 0.5) is 16.4 Å². The average Bonchev–Trinajstić information content (AvgIpc) is 2.84. The van der Waals surface area contributed by atoms with Crippen LogP contribution < -0.4 is 10.6 Å². The number of hydrogen-bond donors (Lipinski definition) is 2. The Balaban J connectivity index is 1.93. The molecule has 1 heterocycles. The minimum atomic E-state index is -0.384. The van der Waals surface area contributed by atoms with E-state index in [1.54, 1.807) is 36.4 Å². The summed E-state index contributed by atoms with van der Waals surface area (Å²) in [5.74, 6) is 0.379. The Labute approximate surface area is 108 Å². The summed E-state index contributed by atoms with van der Waals surface area (Å²) in [6.45, 7) is 0. The quantitative estimate of drug-likeness (QED) is 0.653. The highest BCUT2D eigenvalue weighted by molar-refractivity contribution is 8.03. The number of furan rings is 1. The van der Waals surface area contributed by atoms with Crippen LogP contribution in [0.5, 0.6) is 0 Å². The van der Waals surface area contributed by atoms with Crippen molar-refractivity contribution in [3.05, 3.63) is 42.7 Å². The fraction of sp³-hybridized carbons (Fsp3) is 0. The van der Waals surface area contributed by atoms with Crippen LogP contribution in [0.15, 0.2) is 52.0 Å². The summed E-state index contributed by atoms with van der Waals surface area (Å²) in [6.07, 6.45) is 1.48. The summed E-state index contributed by atoms with van der Waals surface area (Å²) < 4.78 is 4.98. The molecule has 5 nitrogen and oxygen atoms in total. The molecule has 1 aromatic carbocycles. The molecule has 0 radical (unpaired) electrons. The van der Waals surface area contributed by atoms with Crippen molar-refractivity contribution in [1.29, 1.82) is 5.26 Å². The van der Waals surface area contributed by atoms with Crippen LogP contribution in [-0.4, -0.2) is 6.03 Å². The Bertz CT molecular complexity index is 558. The van der Waals surface area contributed by atoms with Crippen molar-refractivity contribution in [1.82, 2.24) is 0 Å².